The maximum atomic E-state index is 11.2. The predicted molar refractivity (Wildman–Crippen MR) is 48.5 cm³/mol. The molecule has 0 aromatic rings. The first kappa shape index (κ1) is 9.72. The lowest BCUT2D eigenvalue weighted by molar-refractivity contribution is 0.140. The summed E-state index contributed by atoms with van der Waals surface area (Å²) in [6.07, 6.45) is 0.810. The number of amides is 1. The number of fused-ring (bicyclic) bond motifs is 1. The number of likely N-dealkylation sites (tertiary alicyclic amines) is 1. The van der Waals surface area contributed by atoms with Crippen molar-refractivity contribution in [3.8, 4) is 0 Å². The van der Waals surface area contributed by atoms with Gasteiger partial charge in [0.05, 0.1) is 12.3 Å². The van der Waals surface area contributed by atoms with Crippen LogP contribution in [0.3, 0.4) is 0 Å². The SMILES string of the molecule is CS(=O)(=O)N1C2CCN(C(=O)O)CC21. The number of hydrogen-bond donors (Lipinski definition) is 1. The van der Waals surface area contributed by atoms with Gasteiger partial charge in [-0.25, -0.2) is 13.2 Å². The molecule has 80 valence electrons. The molecule has 2 rings (SSSR count). The number of nitrogens with zero attached hydrogens (tertiary/aromatic N) is 2. The summed E-state index contributed by atoms with van der Waals surface area (Å²) < 4.78 is 23.8. The van der Waals surface area contributed by atoms with Crippen LogP contribution in [0.15, 0.2) is 0 Å². The van der Waals surface area contributed by atoms with Crippen LogP contribution in [0.5, 0.6) is 0 Å². The molecule has 0 saturated carbocycles. The third-order valence-electron chi connectivity index (χ3n) is 2.76. The second-order valence-electron chi connectivity index (χ2n) is 3.74. The Labute approximate surface area is 82.2 Å². The Bertz CT molecular complexity index is 366. The van der Waals surface area contributed by atoms with E-state index in [4.69, 9.17) is 5.11 Å². The molecule has 2 heterocycles. The Hall–Kier alpha value is -0.820. The Kier molecular flexibility index (Phi) is 1.97. The summed E-state index contributed by atoms with van der Waals surface area (Å²) in [7, 11) is -3.15. The molecule has 3 atom stereocenters. The lowest BCUT2D eigenvalue weighted by Gasteiger charge is -2.21. The zero-order valence-electron chi connectivity index (χ0n) is 7.75. The van der Waals surface area contributed by atoms with Crippen molar-refractivity contribution in [2.45, 2.75) is 18.5 Å². The van der Waals surface area contributed by atoms with Crippen molar-refractivity contribution in [3.05, 3.63) is 0 Å². The van der Waals surface area contributed by atoms with Gasteiger partial charge in [-0.3, -0.25) is 0 Å². The van der Waals surface area contributed by atoms with E-state index in [-0.39, 0.29) is 12.1 Å². The standard InChI is InChI=1S/C7H12N2O4S/c1-14(12,13)9-5-2-3-8(7(10)11)4-6(5)9/h5-6H,2-4H2,1H3,(H,10,11). The second kappa shape index (κ2) is 2.83. The minimum absolute atomic E-state index is 0.0422. The highest BCUT2D eigenvalue weighted by molar-refractivity contribution is 7.88. The van der Waals surface area contributed by atoms with E-state index in [1.807, 2.05) is 0 Å². The monoisotopic (exact) mass is 220 g/mol. The molecule has 0 spiro atoms. The Morgan fingerprint density at radius 2 is 2.07 bits per heavy atom. The molecule has 1 N–H and O–H groups in total. The van der Waals surface area contributed by atoms with Crippen LogP contribution >= 0.6 is 0 Å². The number of carbonyl (C=O) groups is 1. The van der Waals surface area contributed by atoms with Gasteiger partial charge in [-0.05, 0) is 6.42 Å². The van der Waals surface area contributed by atoms with Crippen LogP contribution in [0, 0.1) is 0 Å². The second-order valence-corrected chi connectivity index (χ2v) is 5.63. The highest BCUT2D eigenvalue weighted by atomic mass is 32.2. The van der Waals surface area contributed by atoms with Gasteiger partial charge in [0.1, 0.15) is 0 Å². The summed E-state index contributed by atoms with van der Waals surface area (Å²) in [6.45, 7) is 0.746. The third-order valence-corrected chi connectivity index (χ3v) is 4.07. The summed E-state index contributed by atoms with van der Waals surface area (Å²) in [5.74, 6) is 0. The summed E-state index contributed by atoms with van der Waals surface area (Å²) >= 11 is 0. The number of carboxylic acid groups (broad SMARTS) is 1. The fourth-order valence-corrected chi connectivity index (χ4v) is 3.48. The molecule has 2 aliphatic heterocycles. The van der Waals surface area contributed by atoms with Gasteiger partial charge in [0.2, 0.25) is 10.0 Å². The quantitative estimate of drug-likeness (QED) is 0.597. The van der Waals surface area contributed by atoms with Crippen LogP contribution in [0.1, 0.15) is 6.42 Å². The summed E-state index contributed by atoms with van der Waals surface area (Å²) in [4.78, 5) is 11.9. The van der Waals surface area contributed by atoms with Crippen molar-refractivity contribution in [1.29, 1.82) is 0 Å². The summed E-state index contributed by atoms with van der Waals surface area (Å²) in [5.41, 5.74) is 0. The Balaban J connectivity index is 2.05. The molecule has 14 heavy (non-hydrogen) atoms. The van der Waals surface area contributed by atoms with E-state index in [1.165, 1.54) is 9.21 Å². The van der Waals surface area contributed by atoms with Gasteiger partial charge in [-0.2, -0.15) is 4.31 Å². The Morgan fingerprint density at radius 1 is 1.43 bits per heavy atom. The lowest BCUT2D eigenvalue weighted by atomic mass is 10.1. The number of rotatable bonds is 1. The van der Waals surface area contributed by atoms with Crippen molar-refractivity contribution in [1.82, 2.24) is 9.21 Å². The van der Waals surface area contributed by atoms with Crippen LogP contribution in [-0.2, 0) is 10.0 Å². The van der Waals surface area contributed by atoms with Crippen molar-refractivity contribution >= 4 is 16.1 Å². The van der Waals surface area contributed by atoms with Gasteiger partial charge in [0, 0.05) is 19.1 Å². The molecule has 2 aliphatic rings. The van der Waals surface area contributed by atoms with Crippen molar-refractivity contribution in [2.75, 3.05) is 19.3 Å². The minimum atomic E-state index is -3.15. The fraction of sp³-hybridized carbons (Fsp3) is 0.857. The first-order valence-corrected chi connectivity index (χ1v) is 6.22. The van der Waals surface area contributed by atoms with Gasteiger partial charge in [-0.1, -0.05) is 0 Å². The first-order valence-electron chi connectivity index (χ1n) is 4.37. The van der Waals surface area contributed by atoms with E-state index in [0.717, 1.165) is 6.26 Å². The zero-order valence-corrected chi connectivity index (χ0v) is 8.57. The number of sulfonamides is 1. The topological polar surface area (TPSA) is 77.7 Å². The van der Waals surface area contributed by atoms with E-state index < -0.39 is 16.1 Å². The summed E-state index contributed by atoms with van der Waals surface area (Å²) in [6, 6.07) is -0.0737. The molecule has 0 aromatic carbocycles. The molecule has 0 aliphatic carbocycles. The van der Waals surface area contributed by atoms with Crippen molar-refractivity contribution in [2.24, 2.45) is 0 Å². The molecular weight excluding hydrogens is 208 g/mol. The normalized spacial score (nSPS) is 36.4. The van der Waals surface area contributed by atoms with Gasteiger partial charge < -0.3 is 10.0 Å². The number of piperidine rings is 1. The van der Waals surface area contributed by atoms with E-state index in [0.29, 0.717) is 19.5 Å². The van der Waals surface area contributed by atoms with E-state index in [1.54, 1.807) is 0 Å². The van der Waals surface area contributed by atoms with E-state index in [9.17, 15) is 13.2 Å². The molecule has 0 bridgehead atoms. The summed E-state index contributed by atoms with van der Waals surface area (Å²) in [5, 5.41) is 8.72. The molecule has 7 heteroatoms. The van der Waals surface area contributed by atoms with Gasteiger partial charge >= 0.3 is 6.09 Å². The van der Waals surface area contributed by atoms with Crippen LogP contribution in [-0.4, -0.2) is 60.3 Å². The molecule has 2 fully saturated rings. The fourth-order valence-electron chi connectivity index (χ4n) is 2.10. The van der Waals surface area contributed by atoms with Gasteiger partial charge in [-0.15, -0.1) is 0 Å². The largest absolute Gasteiger partial charge is 0.465 e. The van der Waals surface area contributed by atoms with Gasteiger partial charge in [0.25, 0.3) is 0 Å². The van der Waals surface area contributed by atoms with Gasteiger partial charge in [0.15, 0.2) is 0 Å². The van der Waals surface area contributed by atoms with Crippen LogP contribution in [0.25, 0.3) is 0 Å². The smallest absolute Gasteiger partial charge is 0.407 e. The zero-order chi connectivity index (χ0) is 10.5. The average Bonchev–Trinajstić information content (AvgIpc) is 2.74. The molecule has 6 nitrogen and oxygen atoms in total. The van der Waals surface area contributed by atoms with Crippen molar-refractivity contribution < 1.29 is 18.3 Å². The highest BCUT2D eigenvalue weighted by Crippen LogP contribution is 2.37. The highest BCUT2D eigenvalue weighted by Gasteiger charge is 2.56. The molecule has 0 aromatic heterocycles. The molecule has 0 radical (unpaired) electrons. The molecule has 2 saturated heterocycles. The third kappa shape index (κ3) is 1.46. The maximum absolute atomic E-state index is 11.2. The molecule has 1 amide bonds. The van der Waals surface area contributed by atoms with E-state index >= 15 is 0 Å². The minimum Gasteiger partial charge on any atom is -0.465 e. The average molecular weight is 220 g/mol. The number of hydrogen-bond acceptors (Lipinski definition) is 3. The Morgan fingerprint density at radius 3 is 2.57 bits per heavy atom. The van der Waals surface area contributed by atoms with Crippen LogP contribution < -0.4 is 0 Å². The predicted octanol–water partition coefficient (Wildman–Crippen LogP) is -0.617. The van der Waals surface area contributed by atoms with Crippen LogP contribution in [0.2, 0.25) is 0 Å². The molecule has 3 unspecified atom stereocenters. The maximum Gasteiger partial charge on any atom is 0.407 e. The lowest BCUT2D eigenvalue weighted by Crippen LogP contribution is -2.38. The van der Waals surface area contributed by atoms with E-state index in [2.05, 4.69) is 0 Å². The molecular formula is C7H12N2O4S. The van der Waals surface area contributed by atoms with Crippen LogP contribution in [0.4, 0.5) is 4.79 Å². The first-order chi connectivity index (χ1) is 6.41. The van der Waals surface area contributed by atoms with Crippen molar-refractivity contribution in [3.63, 3.8) is 0 Å².